The van der Waals surface area contributed by atoms with E-state index >= 15 is 0 Å². The molecule has 0 spiro atoms. The van der Waals surface area contributed by atoms with E-state index < -0.39 is 0 Å². The number of anilines is 1. The predicted octanol–water partition coefficient (Wildman–Crippen LogP) is 3.42. The highest BCUT2D eigenvalue weighted by atomic mass is 35.5. The minimum atomic E-state index is 0. The van der Waals surface area contributed by atoms with Gasteiger partial charge in [0, 0.05) is 24.2 Å². The van der Waals surface area contributed by atoms with E-state index in [1.807, 2.05) is 12.1 Å². The number of likely N-dealkylation sites (tertiary alicyclic amines) is 1. The van der Waals surface area contributed by atoms with Crippen LogP contribution in [-0.4, -0.2) is 36.5 Å². The van der Waals surface area contributed by atoms with Gasteiger partial charge < -0.3 is 10.6 Å². The predicted molar refractivity (Wildman–Crippen MR) is 102 cm³/mol. The number of carbonyl (C=O) groups is 1. The minimum absolute atomic E-state index is 0. The molecule has 2 N–H and O–H groups in total. The van der Waals surface area contributed by atoms with E-state index in [0.717, 1.165) is 38.2 Å². The van der Waals surface area contributed by atoms with Crippen LogP contribution in [0.3, 0.4) is 0 Å². The Labute approximate surface area is 151 Å². The zero-order valence-corrected chi connectivity index (χ0v) is 15.4. The first-order valence-corrected chi connectivity index (χ1v) is 9.07. The van der Waals surface area contributed by atoms with Crippen LogP contribution in [0.25, 0.3) is 0 Å². The highest BCUT2D eigenvalue weighted by Gasteiger charge is 2.21. The second-order valence-electron chi connectivity index (χ2n) is 7.03. The summed E-state index contributed by atoms with van der Waals surface area (Å²) in [6.45, 7) is 6.45. The molecule has 2 saturated heterocycles. The summed E-state index contributed by atoms with van der Waals surface area (Å²) >= 11 is 0. The Hall–Kier alpha value is -1.10. The Bertz CT molecular complexity index is 514. The van der Waals surface area contributed by atoms with Gasteiger partial charge in [0.25, 0.3) is 0 Å². The number of hydrogen-bond acceptors (Lipinski definition) is 3. The molecule has 1 atom stereocenters. The zero-order chi connectivity index (χ0) is 16.1. The lowest BCUT2D eigenvalue weighted by Gasteiger charge is -2.33. The third-order valence-electron chi connectivity index (χ3n) is 5.26. The fourth-order valence-corrected chi connectivity index (χ4v) is 3.65. The molecule has 24 heavy (non-hydrogen) atoms. The lowest BCUT2D eigenvalue weighted by molar-refractivity contribution is -0.120. The maximum atomic E-state index is 12.3. The van der Waals surface area contributed by atoms with Gasteiger partial charge in [-0.3, -0.25) is 9.69 Å². The van der Waals surface area contributed by atoms with Crippen LogP contribution in [0.5, 0.6) is 0 Å². The molecule has 0 saturated carbocycles. The third-order valence-corrected chi connectivity index (χ3v) is 5.26. The van der Waals surface area contributed by atoms with Crippen LogP contribution in [0.1, 0.15) is 44.6 Å². The Morgan fingerprint density at radius 2 is 1.88 bits per heavy atom. The van der Waals surface area contributed by atoms with Crippen LogP contribution in [0.2, 0.25) is 0 Å². The third kappa shape index (κ3) is 5.20. The van der Waals surface area contributed by atoms with E-state index in [1.165, 1.54) is 31.4 Å². The highest BCUT2D eigenvalue weighted by Crippen LogP contribution is 2.20. The molecule has 134 valence electrons. The normalized spacial score (nSPS) is 22.6. The molecule has 4 nitrogen and oxygen atoms in total. The first-order valence-electron chi connectivity index (χ1n) is 9.07. The fraction of sp³-hybridized carbons (Fsp3) is 0.632. The average molecular weight is 352 g/mol. The monoisotopic (exact) mass is 351 g/mol. The molecule has 0 radical (unpaired) electrons. The van der Waals surface area contributed by atoms with Crippen molar-refractivity contribution in [1.82, 2.24) is 10.2 Å². The molecule has 1 unspecified atom stereocenters. The van der Waals surface area contributed by atoms with Crippen molar-refractivity contribution in [2.75, 3.05) is 25.0 Å². The number of halogens is 1. The van der Waals surface area contributed by atoms with Gasteiger partial charge in [0.15, 0.2) is 0 Å². The lowest BCUT2D eigenvalue weighted by Crippen LogP contribution is -2.36. The van der Waals surface area contributed by atoms with Crippen molar-refractivity contribution >= 4 is 24.0 Å². The summed E-state index contributed by atoms with van der Waals surface area (Å²) in [5, 5.41) is 6.37. The Balaban J connectivity index is 0.00000208. The van der Waals surface area contributed by atoms with E-state index in [-0.39, 0.29) is 24.2 Å². The number of nitrogens with one attached hydrogen (secondary N) is 2. The largest absolute Gasteiger partial charge is 0.326 e. The molecular formula is C19H30ClN3O. The quantitative estimate of drug-likeness (QED) is 0.873. The van der Waals surface area contributed by atoms with Crippen molar-refractivity contribution in [2.24, 2.45) is 5.92 Å². The topological polar surface area (TPSA) is 44.4 Å². The van der Waals surface area contributed by atoms with E-state index in [2.05, 4.69) is 34.6 Å². The summed E-state index contributed by atoms with van der Waals surface area (Å²) in [6.07, 6.45) is 5.87. The summed E-state index contributed by atoms with van der Waals surface area (Å²) < 4.78 is 0. The van der Waals surface area contributed by atoms with Crippen molar-refractivity contribution in [1.29, 1.82) is 0 Å². The van der Waals surface area contributed by atoms with Gasteiger partial charge in [-0.1, -0.05) is 18.6 Å². The van der Waals surface area contributed by atoms with Crippen LogP contribution in [0.4, 0.5) is 5.69 Å². The number of rotatable bonds is 4. The Morgan fingerprint density at radius 3 is 2.54 bits per heavy atom. The number of benzene rings is 1. The summed E-state index contributed by atoms with van der Waals surface area (Å²) in [7, 11) is 0. The second-order valence-corrected chi connectivity index (χ2v) is 7.03. The molecule has 1 aromatic carbocycles. The van der Waals surface area contributed by atoms with Crippen LogP contribution in [0, 0.1) is 5.92 Å². The van der Waals surface area contributed by atoms with E-state index in [0.29, 0.717) is 6.04 Å². The van der Waals surface area contributed by atoms with Gasteiger partial charge in [-0.05, 0) is 69.9 Å². The molecule has 1 aromatic rings. The molecule has 2 aliphatic heterocycles. The van der Waals surface area contributed by atoms with Gasteiger partial charge in [-0.2, -0.15) is 0 Å². The number of hydrogen-bond donors (Lipinski definition) is 2. The smallest absolute Gasteiger partial charge is 0.227 e. The summed E-state index contributed by atoms with van der Waals surface area (Å²) in [5.41, 5.74) is 2.25. The molecule has 0 bridgehead atoms. The SMILES string of the molecule is CC1CCCCN1Cc1ccc(NC(=O)C2CCNCC2)cc1.Cl. The molecule has 0 aromatic heterocycles. The van der Waals surface area contributed by atoms with Crippen molar-refractivity contribution in [3.05, 3.63) is 29.8 Å². The van der Waals surface area contributed by atoms with E-state index in [1.54, 1.807) is 0 Å². The number of carbonyl (C=O) groups excluding carboxylic acids is 1. The van der Waals surface area contributed by atoms with Gasteiger partial charge in [0.2, 0.25) is 5.91 Å². The number of amides is 1. The molecule has 1 amide bonds. The maximum absolute atomic E-state index is 12.3. The molecule has 5 heteroatoms. The molecule has 2 aliphatic rings. The van der Waals surface area contributed by atoms with Crippen LogP contribution in [-0.2, 0) is 11.3 Å². The Kier molecular flexibility index (Phi) is 7.53. The van der Waals surface area contributed by atoms with E-state index in [4.69, 9.17) is 0 Å². The minimum Gasteiger partial charge on any atom is -0.326 e. The van der Waals surface area contributed by atoms with Gasteiger partial charge in [-0.15, -0.1) is 12.4 Å². The van der Waals surface area contributed by atoms with Gasteiger partial charge >= 0.3 is 0 Å². The first-order chi connectivity index (χ1) is 11.2. The molecule has 3 rings (SSSR count). The first kappa shape index (κ1) is 19.2. The number of piperidine rings is 2. The standard InChI is InChI=1S/C19H29N3O.ClH/c1-15-4-2-3-13-22(15)14-16-5-7-18(8-6-16)21-19(23)17-9-11-20-12-10-17;/h5-8,15,17,20H,2-4,9-14H2,1H3,(H,21,23);1H. The van der Waals surface area contributed by atoms with Crippen molar-refractivity contribution < 1.29 is 4.79 Å². The van der Waals surface area contributed by atoms with Crippen molar-refractivity contribution in [3.63, 3.8) is 0 Å². The summed E-state index contributed by atoms with van der Waals surface area (Å²) in [4.78, 5) is 14.8. The summed E-state index contributed by atoms with van der Waals surface area (Å²) in [5.74, 6) is 0.328. The lowest BCUT2D eigenvalue weighted by atomic mass is 9.97. The van der Waals surface area contributed by atoms with Crippen molar-refractivity contribution in [2.45, 2.75) is 51.6 Å². The highest BCUT2D eigenvalue weighted by molar-refractivity contribution is 5.92. The van der Waals surface area contributed by atoms with Crippen LogP contribution in [0.15, 0.2) is 24.3 Å². The average Bonchev–Trinajstić information content (AvgIpc) is 2.59. The van der Waals surface area contributed by atoms with Crippen LogP contribution < -0.4 is 10.6 Å². The summed E-state index contributed by atoms with van der Waals surface area (Å²) in [6, 6.07) is 9.08. The van der Waals surface area contributed by atoms with Gasteiger partial charge in [0.05, 0.1) is 0 Å². The molecule has 2 fully saturated rings. The van der Waals surface area contributed by atoms with Gasteiger partial charge in [-0.25, -0.2) is 0 Å². The van der Waals surface area contributed by atoms with Crippen molar-refractivity contribution in [3.8, 4) is 0 Å². The Morgan fingerprint density at radius 1 is 1.17 bits per heavy atom. The number of nitrogens with zero attached hydrogens (tertiary/aromatic N) is 1. The van der Waals surface area contributed by atoms with Gasteiger partial charge in [0.1, 0.15) is 0 Å². The fourth-order valence-electron chi connectivity index (χ4n) is 3.65. The molecule has 0 aliphatic carbocycles. The maximum Gasteiger partial charge on any atom is 0.227 e. The zero-order valence-electron chi connectivity index (χ0n) is 14.6. The van der Waals surface area contributed by atoms with Crippen LogP contribution >= 0.6 is 12.4 Å². The second kappa shape index (κ2) is 9.40. The molecular weight excluding hydrogens is 322 g/mol. The molecule has 2 heterocycles. The van der Waals surface area contributed by atoms with E-state index in [9.17, 15) is 4.79 Å².